The summed E-state index contributed by atoms with van der Waals surface area (Å²) in [6.07, 6.45) is 0. The van der Waals surface area contributed by atoms with Crippen LogP contribution in [-0.2, 0) is 14.8 Å². The predicted molar refractivity (Wildman–Crippen MR) is 98.1 cm³/mol. The highest BCUT2D eigenvalue weighted by Crippen LogP contribution is 2.24. The third-order valence-corrected chi connectivity index (χ3v) is 6.12. The second kappa shape index (κ2) is 7.43. The second-order valence-corrected chi connectivity index (χ2v) is 7.99. The van der Waals surface area contributed by atoms with Gasteiger partial charge in [-0.2, -0.15) is 4.31 Å². The molecule has 2 aromatic carbocycles. The van der Waals surface area contributed by atoms with Crippen LogP contribution in [0.2, 0.25) is 0 Å². The predicted octanol–water partition coefficient (Wildman–Crippen LogP) is 2.29. The number of para-hydroxylation sites is 1. The third-order valence-electron chi connectivity index (χ3n) is 4.22. The first-order valence-corrected chi connectivity index (χ1v) is 9.69. The molecule has 0 bridgehead atoms. The van der Waals surface area contributed by atoms with Gasteiger partial charge in [0.05, 0.1) is 10.6 Å². The molecule has 1 aliphatic rings. The summed E-state index contributed by atoms with van der Waals surface area (Å²) in [6, 6.07) is 12.6. The molecule has 1 amide bonds. The summed E-state index contributed by atoms with van der Waals surface area (Å²) in [7, 11) is -3.67. The standard InChI is InChI=1S/C18H20FN3O3S/c1-14(23)20-15-5-4-6-16(13-15)26(24,25)22-11-9-21(10-12-22)18-8-3-2-7-17(18)19/h2-8,13H,9-12H2,1H3,(H,20,23). The Morgan fingerprint density at radius 1 is 1.04 bits per heavy atom. The average molecular weight is 377 g/mol. The lowest BCUT2D eigenvalue weighted by Crippen LogP contribution is -2.48. The van der Waals surface area contributed by atoms with Gasteiger partial charge in [-0.15, -0.1) is 0 Å². The number of benzene rings is 2. The molecule has 0 radical (unpaired) electrons. The molecule has 26 heavy (non-hydrogen) atoms. The summed E-state index contributed by atoms with van der Waals surface area (Å²) < 4.78 is 41.0. The van der Waals surface area contributed by atoms with Crippen molar-refractivity contribution in [3.05, 3.63) is 54.3 Å². The minimum Gasteiger partial charge on any atom is -0.367 e. The van der Waals surface area contributed by atoms with Crippen LogP contribution < -0.4 is 10.2 Å². The van der Waals surface area contributed by atoms with Gasteiger partial charge < -0.3 is 10.2 Å². The minimum absolute atomic E-state index is 0.128. The van der Waals surface area contributed by atoms with E-state index >= 15 is 0 Å². The van der Waals surface area contributed by atoms with Crippen molar-refractivity contribution < 1.29 is 17.6 Å². The van der Waals surface area contributed by atoms with Gasteiger partial charge in [-0.25, -0.2) is 12.8 Å². The number of halogens is 1. The number of hydrogen-bond acceptors (Lipinski definition) is 4. The van der Waals surface area contributed by atoms with Crippen molar-refractivity contribution in [1.82, 2.24) is 4.31 Å². The molecule has 1 saturated heterocycles. The Morgan fingerprint density at radius 2 is 1.73 bits per heavy atom. The first-order chi connectivity index (χ1) is 12.4. The molecule has 1 fully saturated rings. The maximum absolute atomic E-state index is 13.9. The van der Waals surface area contributed by atoms with E-state index < -0.39 is 10.0 Å². The van der Waals surface area contributed by atoms with E-state index in [0.29, 0.717) is 24.5 Å². The molecule has 0 atom stereocenters. The molecule has 138 valence electrons. The summed E-state index contributed by atoms with van der Waals surface area (Å²) >= 11 is 0. The molecule has 8 heteroatoms. The molecule has 0 unspecified atom stereocenters. The number of sulfonamides is 1. The number of nitrogens with zero attached hydrogens (tertiary/aromatic N) is 2. The number of carbonyl (C=O) groups is 1. The summed E-state index contributed by atoms with van der Waals surface area (Å²) in [4.78, 5) is 13.1. The molecule has 0 spiro atoms. The summed E-state index contributed by atoms with van der Waals surface area (Å²) in [5.41, 5.74) is 0.917. The molecule has 1 N–H and O–H groups in total. The number of rotatable bonds is 4. The van der Waals surface area contributed by atoms with E-state index in [1.165, 1.54) is 29.4 Å². The van der Waals surface area contributed by atoms with E-state index in [9.17, 15) is 17.6 Å². The van der Waals surface area contributed by atoms with Gasteiger partial charge in [0.15, 0.2) is 0 Å². The Kier molecular flexibility index (Phi) is 5.24. The van der Waals surface area contributed by atoms with Crippen molar-refractivity contribution in [2.75, 3.05) is 36.4 Å². The Bertz CT molecular complexity index is 909. The summed E-state index contributed by atoms with van der Waals surface area (Å²) in [5, 5.41) is 2.58. The van der Waals surface area contributed by atoms with Gasteiger partial charge >= 0.3 is 0 Å². The fourth-order valence-electron chi connectivity index (χ4n) is 2.96. The van der Waals surface area contributed by atoms with E-state index in [1.54, 1.807) is 30.3 Å². The maximum atomic E-state index is 13.9. The van der Waals surface area contributed by atoms with Gasteiger partial charge in [0, 0.05) is 38.8 Å². The first kappa shape index (κ1) is 18.3. The second-order valence-electron chi connectivity index (χ2n) is 6.05. The van der Waals surface area contributed by atoms with Crippen molar-refractivity contribution >= 4 is 27.3 Å². The lowest BCUT2D eigenvalue weighted by atomic mass is 10.2. The van der Waals surface area contributed by atoms with Crippen LogP contribution >= 0.6 is 0 Å². The number of anilines is 2. The molecule has 0 aromatic heterocycles. The highest BCUT2D eigenvalue weighted by Gasteiger charge is 2.29. The van der Waals surface area contributed by atoms with Crippen LogP contribution in [0.25, 0.3) is 0 Å². The molecule has 3 rings (SSSR count). The van der Waals surface area contributed by atoms with Gasteiger partial charge in [-0.05, 0) is 30.3 Å². The topological polar surface area (TPSA) is 69.7 Å². The molecule has 0 saturated carbocycles. The Balaban J connectivity index is 1.74. The molecular formula is C18H20FN3O3S. The zero-order valence-corrected chi connectivity index (χ0v) is 15.2. The quantitative estimate of drug-likeness (QED) is 0.888. The smallest absolute Gasteiger partial charge is 0.243 e. The Labute approximate surface area is 152 Å². The molecule has 1 aliphatic heterocycles. The monoisotopic (exact) mass is 377 g/mol. The van der Waals surface area contributed by atoms with Crippen LogP contribution in [0.4, 0.5) is 15.8 Å². The molecule has 0 aliphatic carbocycles. The highest BCUT2D eigenvalue weighted by molar-refractivity contribution is 7.89. The van der Waals surface area contributed by atoms with Crippen LogP contribution in [-0.4, -0.2) is 44.8 Å². The number of amides is 1. The largest absolute Gasteiger partial charge is 0.367 e. The number of hydrogen-bond donors (Lipinski definition) is 1. The zero-order valence-electron chi connectivity index (χ0n) is 14.4. The number of carbonyl (C=O) groups excluding carboxylic acids is 1. The number of piperazine rings is 1. The summed E-state index contributed by atoms with van der Waals surface area (Å²) in [6.45, 7) is 2.71. The van der Waals surface area contributed by atoms with Crippen LogP contribution in [0.5, 0.6) is 0 Å². The third kappa shape index (κ3) is 3.86. The maximum Gasteiger partial charge on any atom is 0.243 e. The van der Waals surface area contributed by atoms with Gasteiger partial charge in [0.1, 0.15) is 5.82 Å². The van der Waals surface area contributed by atoms with E-state index in [-0.39, 0.29) is 29.7 Å². The van der Waals surface area contributed by atoms with Gasteiger partial charge in [0.2, 0.25) is 15.9 Å². The van der Waals surface area contributed by atoms with Crippen molar-refractivity contribution in [2.24, 2.45) is 0 Å². The molecular weight excluding hydrogens is 357 g/mol. The molecule has 6 nitrogen and oxygen atoms in total. The van der Waals surface area contributed by atoms with Crippen molar-refractivity contribution in [3.8, 4) is 0 Å². The minimum atomic E-state index is -3.67. The van der Waals surface area contributed by atoms with Crippen molar-refractivity contribution in [1.29, 1.82) is 0 Å². The van der Waals surface area contributed by atoms with Crippen LogP contribution in [0.15, 0.2) is 53.4 Å². The lowest BCUT2D eigenvalue weighted by molar-refractivity contribution is -0.114. The Morgan fingerprint density at radius 3 is 2.38 bits per heavy atom. The number of nitrogens with one attached hydrogen (secondary N) is 1. The van der Waals surface area contributed by atoms with Crippen LogP contribution in [0.1, 0.15) is 6.92 Å². The van der Waals surface area contributed by atoms with Gasteiger partial charge in [-0.3, -0.25) is 4.79 Å². The van der Waals surface area contributed by atoms with E-state index in [0.717, 1.165) is 0 Å². The van der Waals surface area contributed by atoms with Crippen molar-refractivity contribution in [3.63, 3.8) is 0 Å². The van der Waals surface area contributed by atoms with E-state index in [1.807, 2.05) is 4.90 Å². The SMILES string of the molecule is CC(=O)Nc1cccc(S(=O)(=O)N2CCN(c3ccccc3F)CC2)c1. The molecule has 2 aromatic rings. The molecule has 1 heterocycles. The first-order valence-electron chi connectivity index (χ1n) is 8.25. The highest BCUT2D eigenvalue weighted by atomic mass is 32.2. The van der Waals surface area contributed by atoms with Crippen LogP contribution in [0, 0.1) is 5.82 Å². The van der Waals surface area contributed by atoms with Crippen LogP contribution in [0.3, 0.4) is 0 Å². The van der Waals surface area contributed by atoms with Gasteiger partial charge in [0.25, 0.3) is 0 Å². The van der Waals surface area contributed by atoms with E-state index in [4.69, 9.17) is 0 Å². The normalized spacial score (nSPS) is 15.7. The fourth-order valence-corrected chi connectivity index (χ4v) is 4.43. The van der Waals surface area contributed by atoms with Gasteiger partial charge in [-0.1, -0.05) is 18.2 Å². The Hall–Kier alpha value is -2.45. The van der Waals surface area contributed by atoms with E-state index in [2.05, 4.69) is 5.32 Å². The zero-order chi connectivity index (χ0) is 18.7. The van der Waals surface area contributed by atoms with Crippen molar-refractivity contribution in [2.45, 2.75) is 11.8 Å². The average Bonchev–Trinajstić information content (AvgIpc) is 2.62. The fraction of sp³-hybridized carbons (Fsp3) is 0.278. The lowest BCUT2D eigenvalue weighted by Gasteiger charge is -2.35. The summed E-state index contributed by atoms with van der Waals surface area (Å²) in [5.74, 6) is -0.579.